The number of nitrogens with zero attached hydrogens (tertiary/aromatic N) is 2. The van der Waals surface area contributed by atoms with Gasteiger partial charge in [-0.1, -0.05) is 62.8 Å². The Balaban J connectivity index is 1.55. The average Bonchev–Trinajstić information content (AvgIpc) is 2.85. The molecule has 1 aliphatic heterocycles. The molecule has 1 unspecified atom stereocenters. The van der Waals surface area contributed by atoms with E-state index in [4.69, 9.17) is 0 Å². The van der Waals surface area contributed by atoms with Crippen molar-refractivity contribution in [2.24, 2.45) is 0 Å². The van der Waals surface area contributed by atoms with Crippen molar-refractivity contribution in [3.8, 4) is 0 Å². The van der Waals surface area contributed by atoms with Crippen molar-refractivity contribution < 1.29 is 9.59 Å². The molecule has 1 N–H and O–H groups in total. The van der Waals surface area contributed by atoms with Gasteiger partial charge in [0.05, 0.1) is 23.7 Å². The van der Waals surface area contributed by atoms with Crippen LogP contribution in [0.5, 0.6) is 0 Å². The van der Waals surface area contributed by atoms with Gasteiger partial charge < -0.3 is 10.2 Å². The van der Waals surface area contributed by atoms with Gasteiger partial charge in [-0.25, -0.2) is 0 Å². The average molecular weight is 432 g/mol. The molecule has 0 saturated heterocycles. The van der Waals surface area contributed by atoms with E-state index in [1.165, 1.54) is 25.7 Å². The van der Waals surface area contributed by atoms with Gasteiger partial charge in [0, 0.05) is 17.8 Å². The summed E-state index contributed by atoms with van der Waals surface area (Å²) >= 11 is 0. The number of nitrogens with one attached hydrogen (secondary N) is 1. The highest BCUT2D eigenvalue weighted by atomic mass is 16.2. The molecule has 5 heteroatoms. The van der Waals surface area contributed by atoms with Crippen LogP contribution in [0.3, 0.4) is 0 Å². The number of hydrogen-bond donors (Lipinski definition) is 1. The molecule has 2 aromatic rings. The molecule has 2 aliphatic carbocycles. The molecule has 2 saturated carbocycles. The first-order valence-corrected chi connectivity index (χ1v) is 12.3. The van der Waals surface area contributed by atoms with E-state index in [0.717, 1.165) is 49.8 Å². The minimum atomic E-state index is -0.417. The number of hydrogen-bond acceptors (Lipinski definition) is 3. The maximum absolute atomic E-state index is 13.9. The Kier molecular flexibility index (Phi) is 5.99. The van der Waals surface area contributed by atoms with Gasteiger partial charge in [-0.15, -0.1) is 0 Å². The molecule has 1 aromatic heterocycles. The summed E-state index contributed by atoms with van der Waals surface area (Å²) in [7, 11) is 0. The second kappa shape index (κ2) is 9.05. The van der Waals surface area contributed by atoms with E-state index in [1.807, 2.05) is 42.5 Å². The minimum absolute atomic E-state index is 0.0262. The van der Waals surface area contributed by atoms with E-state index in [0.29, 0.717) is 12.1 Å². The summed E-state index contributed by atoms with van der Waals surface area (Å²) < 4.78 is 0. The Bertz CT molecular complexity index is 962. The first kappa shape index (κ1) is 21.2. The summed E-state index contributed by atoms with van der Waals surface area (Å²) in [5.74, 6) is -0.163. The second-order valence-electron chi connectivity index (χ2n) is 9.69. The van der Waals surface area contributed by atoms with Gasteiger partial charge in [0.15, 0.2) is 0 Å². The Hall–Kier alpha value is -2.69. The van der Waals surface area contributed by atoms with E-state index in [-0.39, 0.29) is 23.8 Å². The number of fused-ring (bicyclic) bond motifs is 1. The van der Waals surface area contributed by atoms with Crippen molar-refractivity contribution in [2.75, 3.05) is 0 Å². The molecule has 0 radical (unpaired) electrons. The van der Waals surface area contributed by atoms with Gasteiger partial charge in [0.2, 0.25) is 5.91 Å². The molecule has 32 heavy (non-hydrogen) atoms. The van der Waals surface area contributed by atoms with Gasteiger partial charge in [-0.2, -0.15) is 0 Å². The van der Waals surface area contributed by atoms with Crippen LogP contribution in [-0.4, -0.2) is 33.3 Å². The third-order valence-electron chi connectivity index (χ3n) is 7.83. The number of benzene rings is 1. The van der Waals surface area contributed by atoms with Gasteiger partial charge >= 0.3 is 0 Å². The summed E-state index contributed by atoms with van der Waals surface area (Å²) in [4.78, 5) is 34.4. The van der Waals surface area contributed by atoms with E-state index < -0.39 is 5.54 Å². The van der Waals surface area contributed by atoms with Crippen molar-refractivity contribution in [3.63, 3.8) is 0 Å². The summed E-state index contributed by atoms with van der Waals surface area (Å²) in [6.07, 6.45) is 12.6. The second-order valence-corrected chi connectivity index (χ2v) is 9.69. The van der Waals surface area contributed by atoms with Crippen LogP contribution in [0, 0.1) is 0 Å². The molecule has 1 spiro atoms. The highest BCUT2D eigenvalue weighted by molar-refractivity contribution is 6.02. The van der Waals surface area contributed by atoms with Gasteiger partial charge in [0.25, 0.3) is 5.91 Å². The van der Waals surface area contributed by atoms with E-state index in [2.05, 4.69) is 15.2 Å². The van der Waals surface area contributed by atoms with Crippen LogP contribution >= 0.6 is 0 Å². The van der Waals surface area contributed by atoms with Crippen LogP contribution in [0.4, 0.5) is 0 Å². The number of carbonyl (C=O) groups is 2. The number of rotatable bonds is 4. The smallest absolute Gasteiger partial charge is 0.254 e. The molecule has 2 fully saturated rings. The molecule has 3 aliphatic rings. The zero-order valence-corrected chi connectivity index (χ0v) is 18.8. The Labute approximate surface area is 190 Å². The van der Waals surface area contributed by atoms with Crippen LogP contribution in [0.1, 0.15) is 91.7 Å². The molecule has 1 atom stereocenters. The fraction of sp³-hybridized carbons (Fsp3) is 0.519. The van der Waals surface area contributed by atoms with Crippen molar-refractivity contribution in [1.29, 1.82) is 0 Å². The lowest BCUT2D eigenvalue weighted by Gasteiger charge is -2.57. The zero-order valence-electron chi connectivity index (χ0n) is 18.8. The minimum Gasteiger partial charge on any atom is -0.350 e. The topological polar surface area (TPSA) is 62.3 Å². The summed E-state index contributed by atoms with van der Waals surface area (Å²) in [6.45, 7) is 0.409. The van der Waals surface area contributed by atoms with Crippen LogP contribution in [0.15, 0.2) is 48.7 Å². The van der Waals surface area contributed by atoms with Crippen LogP contribution < -0.4 is 5.32 Å². The molecular weight excluding hydrogens is 398 g/mol. The fourth-order valence-corrected chi connectivity index (χ4v) is 6.43. The lowest BCUT2D eigenvalue weighted by molar-refractivity contribution is -0.128. The Morgan fingerprint density at radius 1 is 0.969 bits per heavy atom. The molecule has 5 nitrogen and oxygen atoms in total. The summed E-state index contributed by atoms with van der Waals surface area (Å²) in [5.41, 5.74) is 2.06. The van der Waals surface area contributed by atoms with Crippen LogP contribution in [0.2, 0.25) is 0 Å². The highest BCUT2D eigenvalue weighted by Gasteiger charge is 2.56. The third kappa shape index (κ3) is 3.72. The van der Waals surface area contributed by atoms with Gasteiger partial charge in [-0.05, 0) is 49.4 Å². The lowest BCUT2D eigenvalue weighted by Crippen LogP contribution is -2.65. The van der Waals surface area contributed by atoms with Gasteiger partial charge in [0.1, 0.15) is 0 Å². The normalized spacial score (nSPS) is 23.1. The monoisotopic (exact) mass is 431 g/mol. The predicted octanol–water partition coefficient (Wildman–Crippen LogP) is 4.97. The largest absolute Gasteiger partial charge is 0.350 e. The predicted molar refractivity (Wildman–Crippen MR) is 124 cm³/mol. The van der Waals surface area contributed by atoms with Crippen LogP contribution in [-0.2, 0) is 11.3 Å². The van der Waals surface area contributed by atoms with Gasteiger partial charge in [-0.3, -0.25) is 14.6 Å². The summed E-state index contributed by atoms with van der Waals surface area (Å²) in [5, 5.41) is 3.18. The maximum Gasteiger partial charge on any atom is 0.254 e. The lowest BCUT2D eigenvalue weighted by atomic mass is 9.64. The van der Waals surface area contributed by atoms with Crippen molar-refractivity contribution in [1.82, 2.24) is 15.2 Å². The number of pyridine rings is 1. The number of amides is 2. The van der Waals surface area contributed by atoms with Crippen LogP contribution in [0.25, 0.3) is 0 Å². The van der Waals surface area contributed by atoms with Crippen molar-refractivity contribution in [2.45, 2.75) is 88.3 Å². The number of carbonyl (C=O) groups excluding carboxylic acids is 2. The first-order chi connectivity index (χ1) is 15.7. The van der Waals surface area contributed by atoms with Crippen molar-refractivity contribution in [3.05, 3.63) is 65.5 Å². The van der Waals surface area contributed by atoms with Crippen molar-refractivity contribution >= 4 is 11.8 Å². The molecule has 0 bridgehead atoms. The summed E-state index contributed by atoms with van der Waals surface area (Å²) in [6, 6.07) is 13.8. The molecular formula is C27H33N3O2. The maximum atomic E-state index is 13.9. The number of aromatic nitrogens is 1. The van der Waals surface area contributed by atoms with E-state index >= 15 is 0 Å². The Morgan fingerprint density at radius 2 is 1.69 bits per heavy atom. The zero-order chi connectivity index (χ0) is 22.0. The molecule has 1 aromatic carbocycles. The molecule has 5 rings (SSSR count). The first-order valence-electron chi connectivity index (χ1n) is 12.3. The highest BCUT2D eigenvalue weighted by Crippen LogP contribution is 2.51. The SMILES string of the molecule is O=C(NCc1ccccn1)C1c2ccccc2C(=O)N(C2CCCCC2)C12CCCCC2. The quantitative estimate of drug-likeness (QED) is 0.743. The molecule has 2 amide bonds. The fourth-order valence-electron chi connectivity index (χ4n) is 6.43. The third-order valence-corrected chi connectivity index (χ3v) is 7.83. The Morgan fingerprint density at radius 3 is 2.44 bits per heavy atom. The van der Waals surface area contributed by atoms with E-state index in [9.17, 15) is 9.59 Å². The van der Waals surface area contributed by atoms with E-state index in [1.54, 1.807) is 6.20 Å². The standard InChI is InChI=1S/C27H33N3O2/c31-25(29-19-20-11-7-10-18-28-20)24-22-14-5-6-15-23(22)26(32)30(21-12-3-1-4-13-21)27(24)16-8-2-9-17-27/h5-7,10-11,14-15,18,21,24H,1-4,8-9,12-13,16-17,19H2,(H,29,31). The molecule has 168 valence electrons. The molecule has 2 heterocycles.